The highest BCUT2D eigenvalue weighted by Gasteiger charge is 2.57. The Morgan fingerprint density at radius 2 is 1.80 bits per heavy atom. The van der Waals surface area contributed by atoms with Crippen LogP contribution >= 0.6 is 0 Å². The molecule has 0 aromatic carbocycles. The van der Waals surface area contributed by atoms with E-state index in [0.717, 1.165) is 6.92 Å². The molecule has 0 bridgehead atoms. The third kappa shape index (κ3) is 7.09. The van der Waals surface area contributed by atoms with Gasteiger partial charge in [-0.25, -0.2) is 14.0 Å². The molecule has 2 fully saturated rings. The maximum absolute atomic E-state index is 15.9. The number of nitrogens with one attached hydrogen (secondary N) is 1. The second kappa shape index (κ2) is 13.2. The number of alkyl carbamates (subject to hydrolysis) is 1. The number of rotatable bonds is 4. The third-order valence-corrected chi connectivity index (χ3v) is 8.89. The molecule has 2 aromatic rings. The molecule has 4 rings (SSSR count). The van der Waals surface area contributed by atoms with Gasteiger partial charge in [0.05, 0.1) is 18.7 Å². The van der Waals surface area contributed by atoms with Crippen molar-refractivity contribution in [3.8, 4) is 23.4 Å². The Kier molecular flexibility index (Phi) is 9.96. The summed E-state index contributed by atoms with van der Waals surface area (Å²) in [4.78, 5) is 58.4. The quantitative estimate of drug-likeness (QED) is 0.297. The molecule has 4 heterocycles. The van der Waals surface area contributed by atoms with Crippen LogP contribution in [0.5, 0.6) is 0 Å². The summed E-state index contributed by atoms with van der Waals surface area (Å²) < 4.78 is 33.3. The van der Waals surface area contributed by atoms with Gasteiger partial charge in [-0.1, -0.05) is 39.5 Å². The highest BCUT2D eigenvalue weighted by atomic mass is 19.1. The number of carbonyl (C=O) groups is 4. The fraction of sp³-hybridized carbons (Fsp3) is 0.625. The van der Waals surface area contributed by atoms with Crippen molar-refractivity contribution in [2.45, 2.75) is 96.7 Å². The number of nitrogens with zero attached hydrogens (tertiary/aromatic N) is 5. The molecule has 1 amide bonds. The first-order chi connectivity index (χ1) is 21.5. The van der Waals surface area contributed by atoms with Gasteiger partial charge in [-0.05, 0) is 57.4 Å². The van der Waals surface area contributed by atoms with E-state index in [-0.39, 0.29) is 31.7 Å². The van der Waals surface area contributed by atoms with E-state index in [1.54, 1.807) is 60.0 Å². The van der Waals surface area contributed by atoms with E-state index < -0.39 is 64.6 Å². The lowest BCUT2D eigenvalue weighted by Gasteiger charge is -2.40. The number of pyridine rings is 1. The molecule has 2 saturated heterocycles. The predicted molar refractivity (Wildman–Crippen MR) is 161 cm³/mol. The summed E-state index contributed by atoms with van der Waals surface area (Å²) in [6.07, 6.45) is -0.0121. The van der Waals surface area contributed by atoms with E-state index in [9.17, 15) is 19.2 Å². The fourth-order valence-corrected chi connectivity index (χ4v) is 6.50. The molecule has 8 atom stereocenters. The van der Waals surface area contributed by atoms with Crippen LogP contribution in [0.15, 0.2) is 18.3 Å². The van der Waals surface area contributed by atoms with Gasteiger partial charge < -0.3 is 19.5 Å². The molecule has 2 aromatic heterocycles. The Morgan fingerprint density at radius 3 is 2.41 bits per heavy atom. The van der Waals surface area contributed by atoms with Crippen LogP contribution in [-0.4, -0.2) is 84.4 Å². The number of esters is 1. The Bertz CT molecular complexity index is 1550. The summed E-state index contributed by atoms with van der Waals surface area (Å²) in [5.41, 5.74) is -4.45. The molecule has 2 aliphatic rings. The second-order valence-corrected chi connectivity index (χ2v) is 12.8. The number of halogens is 1. The third-order valence-electron chi connectivity index (χ3n) is 8.89. The largest absolute Gasteiger partial charge is 0.455 e. The number of ether oxygens (including phenoxy) is 3. The predicted octanol–water partition coefficient (Wildman–Crippen LogP) is 3.16. The molecule has 0 radical (unpaired) electrons. The van der Waals surface area contributed by atoms with Gasteiger partial charge in [0.25, 0.3) is 5.67 Å². The van der Waals surface area contributed by atoms with Crippen LogP contribution in [0.25, 0.3) is 11.5 Å². The lowest BCUT2D eigenvalue weighted by Crippen LogP contribution is -2.58. The number of ketones is 2. The van der Waals surface area contributed by atoms with Crippen LogP contribution in [0.2, 0.25) is 0 Å². The molecule has 0 spiro atoms. The van der Waals surface area contributed by atoms with E-state index >= 15 is 4.39 Å². The van der Waals surface area contributed by atoms with Gasteiger partial charge in [0.2, 0.25) is 5.82 Å². The van der Waals surface area contributed by atoms with E-state index in [1.807, 2.05) is 0 Å². The van der Waals surface area contributed by atoms with Crippen molar-refractivity contribution in [2.75, 3.05) is 6.61 Å². The van der Waals surface area contributed by atoms with Crippen molar-refractivity contribution in [1.82, 2.24) is 30.5 Å². The topological polar surface area (TPSA) is 164 Å². The van der Waals surface area contributed by atoms with Crippen LogP contribution in [-0.2, 0) is 35.6 Å². The van der Waals surface area contributed by atoms with Crippen LogP contribution < -0.4 is 5.32 Å². The first-order valence-electron chi connectivity index (χ1n) is 15.3. The van der Waals surface area contributed by atoms with E-state index in [0.29, 0.717) is 17.1 Å². The molecule has 2 aliphatic heterocycles. The minimum Gasteiger partial charge on any atom is -0.455 e. The Balaban J connectivity index is 1.59. The number of cyclic esters (lactones) is 1. The molecular weight excluding hydrogens is 599 g/mol. The SMILES string of the molecule is CC[C@H]1OC(=O)[C@@](C)(F)C(=O)[C@H](C)C[C@](C)(OCC#Cc2ccc(-c3nnn(C)n3)nc2)C[C@@H](C)C(=O)[C@H](C)[C@H]2NC(=O)O[C@@]21C. The van der Waals surface area contributed by atoms with Crippen molar-refractivity contribution in [1.29, 1.82) is 0 Å². The number of Topliss-reactive ketones (excluding diaryl/α,β-unsaturated/α-hetero) is 2. The summed E-state index contributed by atoms with van der Waals surface area (Å²) in [7, 11) is 1.65. The number of tetrazole rings is 1. The zero-order chi connectivity index (χ0) is 34.0. The number of carbonyl (C=O) groups excluding carboxylic acids is 4. The monoisotopic (exact) mass is 640 g/mol. The van der Waals surface area contributed by atoms with Crippen molar-refractivity contribution >= 4 is 23.6 Å². The maximum atomic E-state index is 15.9. The summed E-state index contributed by atoms with van der Waals surface area (Å²) in [6, 6.07) is 2.59. The van der Waals surface area contributed by atoms with Crippen molar-refractivity contribution in [3.63, 3.8) is 0 Å². The molecule has 46 heavy (non-hydrogen) atoms. The number of aryl methyl sites for hydroxylation is 1. The van der Waals surface area contributed by atoms with Gasteiger partial charge >= 0.3 is 12.1 Å². The first kappa shape index (κ1) is 34.6. The number of aromatic nitrogens is 5. The summed E-state index contributed by atoms with van der Waals surface area (Å²) >= 11 is 0. The molecule has 0 unspecified atom stereocenters. The fourth-order valence-electron chi connectivity index (χ4n) is 6.50. The zero-order valence-electron chi connectivity index (χ0n) is 27.4. The Labute approximate surface area is 267 Å². The average Bonchev–Trinajstić information content (AvgIpc) is 3.58. The minimum atomic E-state index is -2.98. The highest BCUT2D eigenvalue weighted by molar-refractivity contribution is 6.07. The van der Waals surface area contributed by atoms with E-state index in [4.69, 9.17) is 14.2 Å². The smallest absolute Gasteiger partial charge is 0.408 e. The van der Waals surface area contributed by atoms with Gasteiger partial charge in [0.1, 0.15) is 24.2 Å². The van der Waals surface area contributed by atoms with Gasteiger partial charge in [-0.2, -0.15) is 4.80 Å². The average molecular weight is 641 g/mol. The summed E-state index contributed by atoms with van der Waals surface area (Å²) in [5, 5.41) is 14.5. The van der Waals surface area contributed by atoms with E-state index in [1.165, 1.54) is 11.7 Å². The van der Waals surface area contributed by atoms with Crippen LogP contribution in [0.4, 0.5) is 9.18 Å². The van der Waals surface area contributed by atoms with Gasteiger partial charge in [-0.15, -0.1) is 10.2 Å². The first-order valence-corrected chi connectivity index (χ1v) is 15.3. The molecule has 0 saturated carbocycles. The Morgan fingerprint density at radius 1 is 1.11 bits per heavy atom. The number of hydrogen-bond acceptors (Lipinski definition) is 11. The second-order valence-electron chi connectivity index (χ2n) is 12.8. The van der Waals surface area contributed by atoms with E-state index in [2.05, 4.69) is 37.6 Å². The van der Waals surface area contributed by atoms with Crippen molar-refractivity contribution < 1.29 is 37.8 Å². The van der Waals surface area contributed by atoms with Crippen molar-refractivity contribution in [2.24, 2.45) is 24.8 Å². The van der Waals surface area contributed by atoms with Crippen molar-refractivity contribution in [3.05, 3.63) is 23.9 Å². The number of alkyl halides is 1. The Hall–Kier alpha value is -4.25. The van der Waals surface area contributed by atoms with Crippen LogP contribution in [0.3, 0.4) is 0 Å². The summed E-state index contributed by atoms with van der Waals surface area (Å²) in [5.74, 6) is 1.41. The zero-order valence-corrected chi connectivity index (χ0v) is 27.4. The molecule has 14 heteroatoms. The molecule has 1 N–H and O–H groups in total. The minimum absolute atomic E-state index is 0.00582. The maximum Gasteiger partial charge on any atom is 0.408 e. The number of fused-ring (bicyclic) bond motifs is 1. The van der Waals surface area contributed by atoms with Crippen LogP contribution in [0.1, 0.15) is 73.3 Å². The number of amides is 1. The normalized spacial score (nSPS) is 34.0. The number of hydrogen-bond donors (Lipinski definition) is 1. The molecule has 13 nitrogen and oxygen atoms in total. The van der Waals surface area contributed by atoms with Gasteiger partial charge in [0, 0.05) is 29.5 Å². The summed E-state index contributed by atoms with van der Waals surface area (Å²) in [6.45, 7) is 10.7. The standard InChI is InChI=1S/C32H41FN6O7/c1-9-23-32(7)25(35-29(43)46-32)20(4)24(40)18(2)15-30(5,16-19(3)26(41)31(6,33)28(42)45-23)44-14-10-11-21-12-13-22(34-17-21)27-36-38-39(8)37-27/h12-13,17-20,23,25H,9,14-16H2,1-8H3,(H,35,43)/t18-,19-,20+,23-,25-,30-,31+,32-/m1/s1. The molecule has 0 aliphatic carbocycles. The highest BCUT2D eigenvalue weighted by Crippen LogP contribution is 2.39. The van der Waals surface area contributed by atoms with Gasteiger partial charge in [0.15, 0.2) is 11.4 Å². The van der Waals surface area contributed by atoms with Gasteiger partial charge in [-0.3, -0.25) is 14.6 Å². The van der Waals surface area contributed by atoms with Crippen LogP contribution in [0, 0.1) is 29.6 Å². The lowest BCUT2D eigenvalue weighted by molar-refractivity contribution is -0.180. The lowest BCUT2D eigenvalue weighted by atomic mass is 9.74. The molecule has 248 valence electrons. The molecular formula is C32H41FN6O7.